The van der Waals surface area contributed by atoms with Crippen molar-refractivity contribution in [3.05, 3.63) is 12.1 Å². The second-order valence-corrected chi connectivity index (χ2v) is 3.62. The first-order chi connectivity index (χ1) is 7.40. The molecule has 0 bridgehead atoms. The van der Waals surface area contributed by atoms with Crippen molar-refractivity contribution in [2.24, 2.45) is 0 Å². The Hall–Kier alpha value is -2.11. The molecule has 0 saturated heterocycles. The van der Waals surface area contributed by atoms with Gasteiger partial charge in [-0.15, -0.1) is 0 Å². The second-order valence-electron chi connectivity index (χ2n) is 3.62. The lowest BCUT2D eigenvalue weighted by atomic mass is 10.2. The van der Waals surface area contributed by atoms with Crippen LogP contribution < -0.4 is 10.6 Å². The summed E-state index contributed by atoms with van der Waals surface area (Å²) >= 11 is 0. The van der Waals surface area contributed by atoms with Crippen LogP contribution in [0.15, 0.2) is 12.1 Å². The molecule has 0 radical (unpaired) electrons. The first-order valence-electron chi connectivity index (χ1n) is 4.72. The standard InChI is InChI=1S/C10H14N2O4/c1-5(2)11-10(16)12-6-3-7(13)9(15)8(14)4-6/h3-5,13-15H,1-2H3,(H2,11,12,16). The van der Waals surface area contributed by atoms with Gasteiger partial charge in [-0.05, 0) is 13.8 Å². The number of carbonyl (C=O) groups excluding carboxylic acids is 1. The summed E-state index contributed by atoms with van der Waals surface area (Å²) in [7, 11) is 0. The fourth-order valence-electron chi connectivity index (χ4n) is 1.11. The highest BCUT2D eigenvalue weighted by Gasteiger charge is 2.10. The van der Waals surface area contributed by atoms with Crippen molar-refractivity contribution in [1.82, 2.24) is 5.32 Å². The number of phenolic OH excluding ortho intramolecular Hbond substituents is 3. The zero-order valence-electron chi connectivity index (χ0n) is 8.98. The summed E-state index contributed by atoms with van der Waals surface area (Å²) in [4.78, 5) is 11.3. The minimum Gasteiger partial charge on any atom is -0.504 e. The van der Waals surface area contributed by atoms with Crippen molar-refractivity contribution in [3.63, 3.8) is 0 Å². The van der Waals surface area contributed by atoms with Crippen molar-refractivity contribution in [3.8, 4) is 17.2 Å². The van der Waals surface area contributed by atoms with Gasteiger partial charge in [0.05, 0.1) is 5.69 Å². The number of carbonyl (C=O) groups is 1. The summed E-state index contributed by atoms with van der Waals surface area (Å²) in [5.41, 5.74) is 0.186. The van der Waals surface area contributed by atoms with E-state index in [0.29, 0.717) is 0 Å². The van der Waals surface area contributed by atoms with Gasteiger partial charge < -0.3 is 26.0 Å². The van der Waals surface area contributed by atoms with Crippen LogP contribution in [-0.4, -0.2) is 27.4 Å². The van der Waals surface area contributed by atoms with Crippen molar-refractivity contribution < 1.29 is 20.1 Å². The van der Waals surface area contributed by atoms with Crippen LogP contribution in [0.1, 0.15) is 13.8 Å². The van der Waals surface area contributed by atoms with Gasteiger partial charge in [0.2, 0.25) is 0 Å². The van der Waals surface area contributed by atoms with Gasteiger partial charge >= 0.3 is 6.03 Å². The summed E-state index contributed by atoms with van der Waals surface area (Å²) in [6, 6.07) is 1.78. The normalized spacial score (nSPS) is 10.2. The molecule has 88 valence electrons. The molecule has 0 aliphatic rings. The number of anilines is 1. The van der Waals surface area contributed by atoms with Crippen LogP contribution in [0.25, 0.3) is 0 Å². The number of urea groups is 1. The van der Waals surface area contributed by atoms with Crippen molar-refractivity contribution in [2.75, 3.05) is 5.32 Å². The maximum absolute atomic E-state index is 11.3. The SMILES string of the molecule is CC(C)NC(=O)Nc1cc(O)c(O)c(O)c1. The van der Waals surface area contributed by atoms with Crippen LogP contribution in [0.5, 0.6) is 17.2 Å². The first-order valence-corrected chi connectivity index (χ1v) is 4.72. The summed E-state index contributed by atoms with van der Waals surface area (Å²) < 4.78 is 0. The van der Waals surface area contributed by atoms with Crippen LogP contribution in [0.4, 0.5) is 10.5 Å². The maximum Gasteiger partial charge on any atom is 0.319 e. The van der Waals surface area contributed by atoms with Gasteiger partial charge in [-0.25, -0.2) is 4.79 Å². The molecule has 0 heterocycles. The molecular weight excluding hydrogens is 212 g/mol. The van der Waals surface area contributed by atoms with E-state index in [9.17, 15) is 15.0 Å². The highest BCUT2D eigenvalue weighted by Crippen LogP contribution is 2.37. The van der Waals surface area contributed by atoms with E-state index in [0.717, 1.165) is 12.1 Å². The highest BCUT2D eigenvalue weighted by molar-refractivity contribution is 5.90. The van der Waals surface area contributed by atoms with E-state index in [2.05, 4.69) is 10.6 Å². The monoisotopic (exact) mass is 226 g/mol. The van der Waals surface area contributed by atoms with Crippen LogP contribution in [0, 0.1) is 0 Å². The molecule has 5 N–H and O–H groups in total. The minimum absolute atomic E-state index is 0.0284. The highest BCUT2D eigenvalue weighted by atomic mass is 16.3. The van der Waals surface area contributed by atoms with Crippen LogP contribution in [-0.2, 0) is 0 Å². The smallest absolute Gasteiger partial charge is 0.319 e. The van der Waals surface area contributed by atoms with Gasteiger partial charge in [-0.2, -0.15) is 0 Å². The Morgan fingerprint density at radius 2 is 1.69 bits per heavy atom. The predicted octanol–water partition coefficient (Wildman–Crippen LogP) is 1.33. The number of aromatic hydroxyl groups is 3. The average molecular weight is 226 g/mol. The topological polar surface area (TPSA) is 102 Å². The molecule has 2 amide bonds. The Morgan fingerprint density at radius 3 is 2.12 bits per heavy atom. The molecule has 0 fully saturated rings. The van der Waals surface area contributed by atoms with Crippen molar-refractivity contribution in [1.29, 1.82) is 0 Å². The summed E-state index contributed by atoms with van der Waals surface area (Å²) in [6.07, 6.45) is 0. The maximum atomic E-state index is 11.3. The molecule has 16 heavy (non-hydrogen) atoms. The lowest BCUT2D eigenvalue weighted by Crippen LogP contribution is -2.34. The number of hydrogen-bond acceptors (Lipinski definition) is 4. The van der Waals surface area contributed by atoms with Gasteiger partial charge in [0, 0.05) is 18.2 Å². The van der Waals surface area contributed by atoms with Crippen molar-refractivity contribution in [2.45, 2.75) is 19.9 Å². The molecule has 1 aromatic rings. The molecule has 0 unspecified atom stereocenters. The third kappa shape index (κ3) is 2.94. The molecule has 6 nitrogen and oxygen atoms in total. The van der Waals surface area contributed by atoms with Gasteiger partial charge in [0.15, 0.2) is 17.2 Å². The number of phenols is 3. The molecule has 0 aliphatic carbocycles. The Bertz CT molecular complexity index is 381. The van der Waals surface area contributed by atoms with E-state index in [-0.39, 0.29) is 11.7 Å². The largest absolute Gasteiger partial charge is 0.504 e. The Kier molecular flexibility index (Phi) is 3.44. The lowest BCUT2D eigenvalue weighted by molar-refractivity contribution is 0.250. The third-order valence-electron chi connectivity index (χ3n) is 1.75. The number of hydrogen-bond donors (Lipinski definition) is 5. The fraction of sp³-hybridized carbons (Fsp3) is 0.300. The van der Waals surface area contributed by atoms with Crippen molar-refractivity contribution >= 4 is 11.7 Å². The quantitative estimate of drug-likeness (QED) is 0.388. The van der Waals surface area contributed by atoms with E-state index in [1.54, 1.807) is 13.8 Å². The average Bonchev–Trinajstić information content (AvgIpc) is 2.12. The number of rotatable bonds is 2. The third-order valence-corrected chi connectivity index (χ3v) is 1.75. The molecule has 6 heteroatoms. The zero-order chi connectivity index (χ0) is 12.3. The lowest BCUT2D eigenvalue weighted by Gasteiger charge is -2.11. The summed E-state index contributed by atoms with van der Waals surface area (Å²) in [5, 5.41) is 32.4. The molecule has 0 aliphatic heterocycles. The van der Waals surface area contributed by atoms with Gasteiger partial charge in [0.25, 0.3) is 0 Å². The van der Waals surface area contributed by atoms with E-state index in [1.807, 2.05) is 0 Å². The van der Waals surface area contributed by atoms with E-state index < -0.39 is 23.3 Å². The van der Waals surface area contributed by atoms with E-state index in [1.165, 1.54) is 0 Å². The fourth-order valence-corrected chi connectivity index (χ4v) is 1.11. The molecule has 1 rings (SSSR count). The van der Waals surface area contributed by atoms with Gasteiger partial charge in [0.1, 0.15) is 0 Å². The Labute approximate surface area is 92.5 Å². The van der Waals surface area contributed by atoms with E-state index in [4.69, 9.17) is 5.11 Å². The van der Waals surface area contributed by atoms with E-state index >= 15 is 0 Å². The summed E-state index contributed by atoms with van der Waals surface area (Å²) in [6.45, 7) is 3.59. The van der Waals surface area contributed by atoms with Gasteiger partial charge in [-0.3, -0.25) is 0 Å². The second kappa shape index (κ2) is 4.61. The number of benzene rings is 1. The Morgan fingerprint density at radius 1 is 1.19 bits per heavy atom. The molecule has 0 atom stereocenters. The molecule has 0 aromatic heterocycles. The van der Waals surface area contributed by atoms with Crippen LogP contribution in [0.3, 0.4) is 0 Å². The van der Waals surface area contributed by atoms with Gasteiger partial charge in [-0.1, -0.05) is 0 Å². The number of nitrogens with one attached hydrogen (secondary N) is 2. The zero-order valence-corrected chi connectivity index (χ0v) is 8.98. The Balaban J connectivity index is 2.79. The number of amides is 2. The molecule has 1 aromatic carbocycles. The van der Waals surface area contributed by atoms with Crippen LogP contribution in [0.2, 0.25) is 0 Å². The summed E-state index contributed by atoms with van der Waals surface area (Å²) in [5.74, 6) is -1.62. The van der Waals surface area contributed by atoms with Crippen LogP contribution >= 0.6 is 0 Å². The molecule has 0 spiro atoms. The molecule has 0 saturated carbocycles. The molecular formula is C10H14N2O4. The minimum atomic E-state index is -0.616. The first kappa shape index (κ1) is 12.0. The predicted molar refractivity (Wildman–Crippen MR) is 58.7 cm³/mol.